The monoisotopic (exact) mass is 271 g/mol. The zero-order chi connectivity index (χ0) is 13.2. The lowest BCUT2D eigenvalue weighted by molar-refractivity contribution is 0.413. The minimum absolute atomic E-state index is 0.304. The summed E-state index contributed by atoms with van der Waals surface area (Å²) in [6, 6.07) is 9.79. The number of methoxy groups -OCH3 is 1. The van der Waals surface area contributed by atoms with Gasteiger partial charge in [-0.15, -0.1) is 0 Å². The van der Waals surface area contributed by atoms with Gasteiger partial charge in [-0.2, -0.15) is 0 Å². The van der Waals surface area contributed by atoms with Crippen LogP contribution < -0.4 is 4.74 Å². The highest BCUT2D eigenvalue weighted by Gasteiger charge is 2.12. The molecule has 0 spiro atoms. The summed E-state index contributed by atoms with van der Waals surface area (Å²) >= 11 is 6.01. The summed E-state index contributed by atoms with van der Waals surface area (Å²) < 4.78 is 5.27. The standard InChI is InChI=1S/C14H10ClN3O/c1-19-13-12(17-8-18-14(13)15)10-4-5-11-9(7-10)3-2-6-16-11/h2-8H,1H3. The molecule has 0 radical (unpaired) electrons. The van der Waals surface area contributed by atoms with Crippen LogP contribution in [0, 0.1) is 0 Å². The summed E-state index contributed by atoms with van der Waals surface area (Å²) in [5.41, 5.74) is 2.53. The van der Waals surface area contributed by atoms with Crippen molar-refractivity contribution in [1.82, 2.24) is 15.0 Å². The van der Waals surface area contributed by atoms with Crippen molar-refractivity contribution in [2.45, 2.75) is 0 Å². The summed E-state index contributed by atoms with van der Waals surface area (Å²) in [6.07, 6.45) is 3.19. The number of benzene rings is 1. The third-order valence-corrected chi connectivity index (χ3v) is 3.11. The van der Waals surface area contributed by atoms with E-state index in [0.29, 0.717) is 16.6 Å². The van der Waals surface area contributed by atoms with Crippen molar-refractivity contribution in [2.75, 3.05) is 7.11 Å². The highest BCUT2D eigenvalue weighted by atomic mass is 35.5. The summed E-state index contributed by atoms with van der Waals surface area (Å²) in [6.45, 7) is 0. The molecular weight excluding hydrogens is 262 g/mol. The molecule has 0 atom stereocenters. The molecule has 0 amide bonds. The van der Waals surface area contributed by atoms with Gasteiger partial charge in [0.15, 0.2) is 10.9 Å². The first-order valence-electron chi connectivity index (χ1n) is 5.69. The number of aromatic nitrogens is 3. The van der Waals surface area contributed by atoms with Crippen molar-refractivity contribution < 1.29 is 4.74 Å². The Bertz CT molecular complexity index is 746. The molecule has 0 saturated heterocycles. The topological polar surface area (TPSA) is 47.9 Å². The quantitative estimate of drug-likeness (QED) is 0.671. The lowest BCUT2D eigenvalue weighted by Crippen LogP contribution is -1.94. The second-order valence-corrected chi connectivity index (χ2v) is 4.32. The van der Waals surface area contributed by atoms with Crippen molar-refractivity contribution >= 4 is 22.5 Å². The summed E-state index contributed by atoms with van der Waals surface area (Å²) in [5, 5.41) is 1.34. The number of nitrogens with zero attached hydrogens (tertiary/aromatic N) is 3. The molecular formula is C14H10ClN3O. The van der Waals surface area contributed by atoms with E-state index in [1.54, 1.807) is 13.3 Å². The molecule has 0 unspecified atom stereocenters. The molecule has 0 saturated carbocycles. The molecule has 0 aliphatic carbocycles. The average molecular weight is 272 g/mol. The molecule has 1 aromatic carbocycles. The van der Waals surface area contributed by atoms with Crippen molar-refractivity contribution in [3.63, 3.8) is 0 Å². The molecule has 0 bridgehead atoms. The fourth-order valence-electron chi connectivity index (χ4n) is 1.96. The lowest BCUT2D eigenvalue weighted by atomic mass is 10.1. The van der Waals surface area contributed by atoms with Gasteiger partial charge in [0.25, 0.3) is 0 Å². The van der Waals surface area contributed by atoms with Crippen LogP contribution in [0.2, 0.25) is 5.15 Å². The summed E-state index contributed by atoms with van der Waals surface area (Å²) in [4.78, 5) is 12.4. The van der Waals surface area contributed by atoms with Gasteiger partial charge in [-0.1, -0.05) is 23.7 Å². The predicted molar refractivity (Wildman–Crippen MR) is 74.3 cm³/mol. The van der Waals surface area contributed by atoms with Gasteiger partial charge in [-0.3, -0.25) is 4.98 Å². The van der Waals surface area contributed by atoms with Crippen LogP contribution in [0.3, 0.4) is 0 Å². The van der Waals surface area contributed by atoms with E-state index in [0.717, 1.165) is 16.5 Å². The lowest BCUT2D eigenvalue weighted by Gasteiger charge is -2.08. The van der Waals surface area contributed by atoms with Crippen LogP contribution in [0.1, 0.15) is 0 Å². The Morgan fingerprint density at radius 3 is 2.84 bits per heavy atom. The molecule has 0 aliphatic heterocycles. The number of fused-ring (bicyclic) bond motifs is 1. The Hall–Kier alpha value is -2.20. The van der Waals surface area contributed by atoms with Crippen LogP contribution in [0.15, 0.2) is 42.9 Å². The zero-order valence-corrected chi connectivity index (χ0v) is 10.9. The van der Waals surface area contributed by atoms with Crippen molar-refractivity contribution in [3.8, 4) is 17.0 Å². The molecule has 4 nitrogen and oxygen atoms in total. The number of halogens is 1. The van der Waals surface area contributed by atoms with Gasteiger partial charge in [0.2, 0.25) is 0 Å². The first-order chi connectivity index (χ1) is 9.29. The van der Waals surface area contributed by atoms with Crippen LogP contribution in [0.4, 0.5) is 0 Å². The second-order valence-electron chi connectivity index (χ2n) is 3.96. The van der Waals surface area contributed by atoms with Gasteiger partial charge in [-0.05, 0) is 18.2 Å². The number of hydrogen-bond donors (Lipinski definition) is 0. The Morgan fingerprint density at radius 1 is 1.11 bits per heavy atom. The van der Waals surface area contributed by atoms with Crippen molar-refractivity contribution in [1.29, 1.82) is 0 Å². The smallest absolute Gasteiger partial charge is 0.182 e. The molecule has 0 N–H and O–H groups in total. The predicted octanol–water partition coefficient (Wildman–Crippen LogP) is 3.35. The normalized spacial score (nSPS) is 10.6. The Morgan fingerprint density at radius 2 is 2.00 bits per heavy atom. The minimum Gasteiger partial charge on any atom is -0.491 e. The maximum absolute atomic E-state index is 6.01. The SMILES string of the molecule is COc1c(Cl)ncnc1-c1ccc2ncccc2c1. The van der Waals surface area contributed by atoms with Crippen molar-refractivity contribution in [3.05, 3.63) is 48.0 Å². The molecule has 94 valence electrons. The van der Waals surface area contributed by atoms with Gasteiger partial charge in [0.05, 0.1) is 12.6 Å². The highest BCUT2D eigenvalue weighted by Crippen LogP contribution is 2.33. The Balaban J connectivity index is 2.22. The highest BCUT2D eigenvalue weighted by molar-refractivity contribution is 6.31. The third-order valence-electron chi connectivity index (χ3n) is 2.84. The summed E-state index contributed by atoms with van der Waals surface area (Å²) in [7, 11) is 1.55. The van der Waals surface area contributed by atoms with Crippen LogP contribution >= 0.6 is 11.6 Å². The van der Waals surface area contributed by atoms with Gasteiger partial charge in [0.1, 0.15) is 12.0 Å². The number of rotatable bonds is 2. The van der Waals surface area contributed by atoms with E-state index < -0.39 is 0 Å². The van der Waals surface area contributed by atoms with E-state index >= 15 is 0 Å². The first kappa shape index (κ1) is 11.9. The zero-order valence-electron chi connectivity index (χ0n) is 10.2. The van der Waals surface area contributed by atoms with E-state index in [2.05, 4.69) is 15.0 Å². The molecule has 19 heavy (non-hydrogen) atoms. The van der Waals surface area contributed by atoms with Crippen LogP contribution in [0.5, 0.6) is 5.75 Å². The maximum Gasteiger partial charge on any atom is 0.182 e. The van der Waals surface area contributed by atoms with Gasteiger partial charge in [0, 0.05) is 17.1 Å². The molecule has 0 aliphatic rings. The number of hydrogen-bond acceptors (Lipinski definition) is 4. The van der Waals surface area contributed by atoms with Crippen LogP contribution in [0.25, 0.3) is 22.2 Å². The Kier molecular flexibility index (Phi) is 3.01. The first-order valence-corrected chi connectivity index (χ1v) is 6.07. The van der Waals surface area contributed by atoms with E-state index in [9.17, 15) is 0 Å². The molecule has 3 rings (SSSR count). The van der Waals surface area contributed by atoms with Gasteiger partial charge >= 0.3 is 0 Å². The third kappa shape index (κ3) is 2.11. The molecule has 2 aromatic heterocycles. The largest absolute Gasteiger partial charge is 0.491 e. The van der Waals surface area contributed by atoms with E-state index in [-0.39, 0.29) is 0 Å². The van der Waals surface area contributed by atoms with E-state index in [4.69, 9.17) is 16.3 Å². The fraction of sp³-hybridized carbons (Fsp3) is 0.0714. The average Bonchev–Trinajstić information content (AvgIpc) is 2.46. The van der Waals surface area contributed by atoms with Crippen LogP contribution in [-0.4, -0.2) is 22.1 Å². The molecule has 3 aromatic rings. The van der Waals surface area contributed by atoms with Crippen LogP contribution in [-0.2, 0) is 0 Å². The molecule has 0 fully saturated rings. The second kappa shape index (κ2) is 4.82. The fourth-order valence-corrected chi connectivity index (χ4v) is 2.17. The molecule has 2 heterocycles. The van der Waals surface area contributed by atoms with Gasteiger partial charge < -0.3 is 4.74 Å². The summed E-state index contributed by atoms with van der Waals surface area (Å²) in [5.74, 6) is 0.479. The number of ether oxygens (including phenoxy) is 1. The molecule has 5 heteroatoms. The minimum atomic E-state index is 0.304. The van der Waals surface area contributed by atoms with Gasteiger partial charge in [-0.25, -0.2) is 9.97 Å². The Labute approximate surface area is 115 Å². The van der Waals surface area contributed by atoms with Crippen molar-refractivity contribution in [2.24, 2.45) is 0 Å². The maximum atomic E-state index is 6.01. The van der Waals surface area contributed by atoms with E-state index in [1.807, 2.05) is 30.3 Å². The number of pyridine rings is 1. The van der Waals surface area contributed by atoms with E-state index in [1.165, 1.54) is 6.33 Å².